The highest BCUT2D eigenvalue weighted by Gasteiger charge is 2.12. The van der Waals surface area contributed by atoms with Crippen LogP contribution in [0.15, 0.2) is 60.9 Å². The van der Waals surface area contributed by atoms with Gasteiger partial charge in [0.05, 0.1) is 5.39 Å². The molecule has 0 bridgehead atoms. The lowest BCUT2D eigenvalue weighted by Gasteiger charge is -2.06. The first kappa shape index (κ1) is 11.4. The highest BCUT2D eigenvalue weighted by atomic mass is 14.8. The van der Waals surface area contributed by atoms with Gasteiger partial charge < -0.3 is 0 Å². The lowest BCUT2D eigenvalue weighted by molar-refractivity contribution is -0.510. The van der Waals surface area contributed by atoms with Gasteiger partial charge in [0.2, 0.25) is 5.52 Å². The summed E-state index contributed by atoms with van der Waals surface area (Å²) in [5.74, 6) is 0. The molecule has 0 spiro atoms. The van der Waals surface area contributed by atoms with Crippen molar-refractivity contribution in [2.75, 3.05) is 0 Å². The Kier molecular flexibility index (Phi) is 2.31. The molecule has 96 valence electrons. The molecule has 1 nitrogen and oxygen atoms in total. The Morgan fingerprint density at radius 1 is 0.700 bits per heavy atom. The summed E-state index contributed by atoms with van der Waals surface area (Å²) in [6.07, 6.45) is 4.45. The second-order valence-electron chi connectivity index (χ2n) is 5.50. The van der Waals surface area contributed by atoms with Crippen LogP contribution in [0.3, 0.4) is 0 Å². The highest BCUT2D eigenvalue weighted by molar-refractivity contribution is 6.08. The molecular weight excluding hydrogens is 242 g/mol. The normalized spacial score (nSPS) is 11.5. The van der Waals surface area contributed by atoms with Crippen LogP contribution in [0.5, 0.6) is 0 Å². The van der Waals surface area contributed by atoms with Crippen LogP contribution < -0.4 is 4.40 Å². The van der Waals surface area contributed by atoms with Gasteiger partial charge in [0.1, 0.15) is 0 Å². The van der Waals surface area contributed by atoms with Crippen molar-refractivity contribution in [2.24, 2.45) is 0 Å². The Morgan fingerprint density at radius 3 is 2.45 bits per heavy atom. The molecule has 0 aliphatic rings. The molecule has 2 aromatic heterocycles. The fourth-order valence-electron chi connectivity index (χ4n) is 3.09. The zero-order valence-electron chi connectivity index (χ0n) is 11.7. The molecule has 0 radical (unpaired) electrons. The Morgan fingerprint density at radius 2 is 1.55 bits per heavy atom. The third-order valence-corrected chi connectivity index (χ3v) is 4.15. The highest BCUT2D eigenvalue weighted by Crippen LogP contribution is 2.27. The second-order valence-corrected chi connectivity index (χ2v) is 5.50. The molecule has 0 fully saturated rings. The number of aromatic nitrogens is 1. The number of hydrogen-bond donors (Lipinski definition) is 0. The monoisotopic (exact) mass is 258 g/mol. The van der Waals surface area contributed by atoms with Gasteiger partial charge in [-0.2, -0.15) is 4.40 Å². The minimum atomic E-state index is 1.28. The molecule has 0 aliphatic carbocycles. The van der Waals surface area contributed by atoms with Gasteiger partial charge in [-0.25, -0.2) is 0 Å². The number of benzene rings is 2. The molecule has 0 unspecified atom stereocenters. The van der Waals surface area contributed by atoms with Gasteiger partial charge in [0.25, 0.3) is 0 Å². The van der Waals surface area contributed by atoms with Crippen molar-refractivity contribution in [3.05, 3.63) is 72.1 Å². The van der Waals surface area contributed by atoms with Crippen molar-refractivity contribution in [3.63, 3.8) is 0 Å². The summed E-state index contributed by atoms with van der Waals surface area (Å²) in [6.45, 7) is 4.34. The van der Waals surface area contributed by atoms with Crippen LogP contribution >= 0.6 is 0 Å². The van der Waals surface area contributed by atoms with E-state index >= 15 is 0 Å². The largest absolute Gasteiger partial charge is 0.214 e. The van der Waals surface area contributed by atoms with Crippen LogP contribution in [-0.2, 0) is 0 Å². The van der Waals surface area contributed by atoms with Crippen molar-refractivity contribution < 1.29 is 4.40 Å². The molecule has 4 aromatic rings. The van der Waals surface area contributed by atoms with Crippen molar-refractivity contribution in [3.8, 4) is 0 Å². The van der Waals surface area contributed by atoms with E-state index in [9.17, 15) is 0 Å². The Balaban J connectivity index is 2.29. The van der Waals surface area contributed by atoms with E-state index < -0.39 is 0 Å². The molecule has 0 saturated heterocycles. The lowest BCUT2D eigenvalue weighted by Crippen LogP contribution is -2.22. The van der Waals surface area contributed by atoms with Gasteiger partial charge in [-0.05, 0) is 36.1 Å². The molecular formula is C19H16N+. The van der Waals surface area contributed by atoms with Gasteiger partial charge in [0, 0.05) is 17.2 Å². The van der Waals surface area contributed by atoms with Gasteiger partial charge in [0.15, 0.2) is 12.4 Å². The lowest BCUT2D eigenvalue weighted by atomic mass is 10.00. The molecule has 2 aromatic carbocycles. The van der Waals surface area contributed by atoms with E-state index in [1.165, 1.54) is 38.2 Å². The number of hydrogen-bond acceptors (Lipinski definition) is 0. The summed E-state index contributed by atoms with van der Waals surface area (Å²) in [5.41, 5.74) is 3.90. The number of aryl methyl sites for hydroxylation is 2. The van der Waals surface area contributed by atoms with Gasteiger partial charge in [-0.15, -0.1) is 0 Å². The molecule has 0 aliphatic heterocycles. The quantitative estimate of drug-likeness (QED) is 0.251. The van der Waals surface area contributed by atoms with Crippen molar-refractivity contribution in [2.45, 2.75) is 13.8 Å². The van der Waals surface area contributed by atoms with Crippen LogP contribution in [0.1, 0.15) is 11.1 Å². The van der Waals surface area contributed by atoms with Crippen molar-refractivity contribution >= 4 is 27.1 Å². The Hall–Kier alpha value is -2.41. The van der Waals surface area contributed by atoms with E-state index in [-0.39, 0.29) is 0 Å². The van der Waals surface area contributed by atoms with Crippen LogP contribution in [0.25, 0.3) is 27.1 Å². The summed E-state index contributed by atoms with van der Waals surface area (Å²) < 4.78 is 2.25. The maximum atomic E-state index is 2.26. The SMILES string of the molecule is Cc1ccc2c(C)c3ccc4ccccc4c3c[n+]2c1. The first-order chi connectivity index (χ1) is 9.74. The Bertz CT molecular complexity index is 967. The third-order valence-electron chi connectivity index (χ3n) is 4.15. The van der Waals surface area contributed by atoms with Gasteiger partial charge >= 0.3 is 0 Å². The average molecular weight is 258 g/mol. The fraction of sp³-hybridized carbons (Fsp3) is 0.105. The van der Waals surface area contributed by atoms with Crippen LogP contribution in [0, 0.1) is 13.8 Å². The van der Waals surface area contributed by atoms with Gasteiger partial charge in [-0.3, -0.25) is 0 Å². The standard InChI is InChI=1S/C19H16N/c1-13-7-10-19-14(2)16-9-8-15-5-3-4-6-17(15)18(16)12-20(19)11-13/h3-12H,1-2H3/q+1. The Labute approximate surface area is 118 Å². The van der Waals surface area contributed by atoms with Gasteiger partial charge in [-0.1, -0.05) is 36.4 Å². The van der Waals surface area contributed by atoms with E-state index in [4.69, 9.17) is 0 Å². The zero-order valence-corrected chi connectivity index (χ0v) is 11.7. The summed E-state index contributed by atoms with van der Waals surface area (Å²) in [4.78, 5) is 0. The molecule has 0 amide bonds. The van der Waals surface area contributed by atoms with E-state index in [1.807, 2.05) is 0 Å². The molecule has 0 N–H and O–H groups in total. The first-order valence-electron chi connectivity index (χ1n) is 6.97. The molecule has 2 heterocycles. The summed E-state index contributed by atoms with van der Waals surface area (Å²) >= 11 is 0. The topological polar surface area (TPSA) is 4.10 Å². The average Bonchev–Trinajstić information content (AvgIpc) is 2.47. The number of rotatable bonds is 0. The minimum absolute atomic E-state index is 1.28. The molecule has 0 atom stereocenters. The molecule has 0 saturated carbocycles. The third kappa shape index (κ3) is 1.53. The summed E-state index contributed by atoms with van der Waals surface area (Å²) in [6, 6.07) is 17.4. The van der Waals surface area contributed by atoms with Crippen LogP contribution in [-0.4, -0.2) is 0 Å². The van der Waals surface area contributed by atoms with E-state index in [2.05, 4.69) is 79.2 Å². The van der Waals surface area contributed by atoms with Crippen LogP contribution in [0.2, 0.25) is 0 Å². The van der Waals surface area contributed by atoms with E-state index in [0.29, 0.717) is 0 Å². The van der Waals surface area contributed by atoms with Crippen LogP contribution in [0.4, 0.5) is 0 Å². The number of fused-ring (bicyclic) bond motifs is 4. The molecule has 1 heteroatoms. The fourth-order valence-corrected chi connectivity index (χ4v) is 3.09. The second kappa shape index (κ2) is 4.04. The molecule has 20 heavy (non-hydrogen) atoms. The number of pyridine rings is 2. The van der Waals surface area contributed by atoms with E-state index in [1.54, 1.807) is 0 Å². The predicted octanol–water partition coefficient (Wildman–Crippen LogP) is 4.35. The predicted molar refractivity (Wildman–Crippen MR) is 84.1 cm³/mol. The maximum absolute atomic E-state index is 2.26. The van der Waals surface area contributed by atoms with Crippen molar-refractivity contribution in [1.29, 1.82) is 0 Å². The smallest absolute Gasteiger partial charge is 0.166 e. The summed E-state index contributed by atoms with van der Waals surface area (Å²) in [5, 5.41) is 5.28. The van der Waals surface area contributed by atoms with E-state index in [0.717, 1.165) is 0 Å². The molecule has 4 rings (SSSR count). The minimum Gasteiger partial charge on any atom is -0.166 e. The number of nitrogens with zero attached hydrogens (tertiary/aromatic N) is 1. The zero-order chi connectivity index (χ0) is 13.7. The first-order valence-corrected chi connectivity index (χ1v) is 6.97. The summed E-state index contributed by atoms with van der Waals surface area (Å²) in [7, 11) is 0. The van der Waals surface area contributed by atoms with Crippen molar-refractivity contribution in [1.82, 2.24) is 0 Å². The maximum Gasteiger partial charge on any atom is 0.214 e.